The second-order valence-corrected chi connectivity index (χ2v) is 6.04. The second kappa shape index (κ2) is 5.93. The smallest absolute Gasteiger partial charge is 0.226 e. The van der Waals surface area contributed by atoms with E-state index in [1.807, 2.05) is 37.3 Å². The van der Waals surface area contributed by atoms with Crippen molar-refractivity contribution in [3.63, 3.8) is 0 Å². The molecule has 1 aliphatic rings. The molecule has 0 saturated carbocycles. The Kier molecular flexibility index (Phi) is 3.98. The molecule has 0 spiro atoms. The molecule has 1 heterocycles. The van der Waals surface area contributed by atoms with Gasteiger partial charge in [-0.05, 0) is 43.4 Å². The van der Waals surface area contributed by atoms with Crippen molar-refractivity contribution in [3.05, 3.63) is 52.8 Å². The van der Waals surface area contributed by atoms with E-state index in [1.165, 1.54) is 5.56 Å². The SMILES string of the molecule is Cc1cc(CC(=O)NCC2(O)CCCc3ccccc32)n[nH]1. The third kappa shape index (κ3) is 3.04. The molecule has 1 unspecified atom stereocenters. The Hall–Kier alpha value is -2.14. The minimum absolute atomic E-state index is 0.122. The Morgan fingerprint density at radius 2 is 2.27 bits per heavy atom. The molecule has 116 valence electrons. The molecule has 3 N–H and O–H groups in total. The van der Waals surface area contributed by atoms with Gasteiger partial charge in [-0.2, -0.15) is 5.10 Å². The quantitative estimate of drug-likeness (QED) is 0.802. The predicted molar refractivity (Wildman–Crippen MR) is 83.3 cm³/mol. The van der Waals surface area contributed by atoms with Crippen LogP contribution in [-0.4, -0.2) is 27.8 Å². The number of carbonyl (C=O) groups excluding carboxylic acids is 1. The summed E-state index contributed by atoms with van der Waals surface area (Å²) in [5.74, 6) is -0.122. The van der Waals surface area contributed by atoms with E-state index in [1.54, 1.807) is 0 Å². The standard InChI is InChI=1S/C17H21N3O2/c1-12-9-14(20-19-12)10-16(21)18-11-17(22)8-4-6-13-5-2-3-7-15(13)17/h2-3,5,7,9,22H,4,6,8,10-11H2,1H3,(H,18,21)(H,19,20). The molecule has 0 radical (unpaired) electrons. The van der Waals surface area contributed by atoms with Crippen LogP contribution in [0.1, 0.15) is 35.4 Å². The van der Waals surface area contributed by atoms with Crippen LogP contribution in [0.15, 0.2) is 30.3 Å². The van der Waals surface area contributed by atoms with Crippen molar-refractivity contribution < 1.29 is 9.90 Å². The first-order valence-electron chi connectivity index (χ1n) is 7.65. The van der Waals surface area contributed by atoms with Crippen LogP contribution in [0.4, 0.5) is 0 Å². The first-order valence-corrected chi connectivity index (χ1v) is 7.65. The molecule has 0 fully saturated rings. The largest absolute Gasteiger partial charge is 0.383 e. The molecule has 1 amide bonds. The van der Waals surface area contributed by atoms with Gasteiger partial charge in [0.05, 0.1) is 18.7 Å². The Bertz CT molecular complexity index is 680. The fraction of sp³-hybridized carbons (Fsp3) is 0.412. The number of aryl methyl sites for hydroxylation is 2. The van der Waals surface area contributed by atoms with Crippen molar-refractivity contribution in [1.29, 1.82) is 0 Å². The predicted octanol–water partition coefficient (Wildman–Crippen LogP) is 1.60. The van der Waals surface area contributed by atoms with Gasteiger partial charge in [0.25, 0.3) is 0 Å². The number of benzene rings is 1. The highest BCUT2D eigenvalue weighted by Gasteiger charge is 2.34. The van der Waals surface area contributed by atoms with Crippen LogP contribution in [0.3, 0.4) is 0 Å². The van der Waals surface area contributed by atoms with Gasteiger partial charge in [-0.15, -0.1) is 0 Å². The van der Waals surface area contributed by atoms with Gasteiger partial charge >= 0.3 is 0 Å². The Morgan fingerprint density at radius 1 is 1.45 bits per heavy atom. The minimum Gasteiger partial charge on any atom is -0.383 e. The Balaban J connectivity index is 1.65. The molecule has 1 aliphatic carbocycles. The van der Waals surface area contributed by atoms with Gasteiger partial charge in [-0.3, -0.25) is 9.89 Å². The van der Waals surface area contributed by atoms with Gasteiger partial charge in [-0.25, -0.2) is 0 Å². The number of hydrogen-bond acceptors (Lipinski definition) is 3. The molecular weight excluding hydrogens is 278 g/mol. The minimum atomic E-state index is -0.966. The highest BCUT2D eigenvalue weighted by atomic mass is 16.3. The van der Waals surface area contributed by atoms with Gasteiger partial charge in [0.1, 0.15) is 5.60 Å². The zero-order valence-electron chi connectivity index (χ0n) is 12.7. The van der Waals surface area contributed by atoms with Gasteiger partial charge in [-0.1, -0.05) is 24.3 Å². The van der Waals surface area contributed by atoms with Crippen molar-refractivity contribution in [1.82, 2.24) is 15.5 Å². The number of hydrogen-bond donors (Lipinski definition) is 3. The molecule has 0 bridgehead atoms. The summed E-state index contributed by atoms with van der Waals surface area (Å²) in [6, 6.07) is 9.78. The maximum Gasteiger partial charge on any atom is 0.226 e. The fourth-order valence-electron chi connectivity index (χ4n) is 3.12. The average molecular weight is 299 g/mol. The number of carbonyl (C=O) groups is 1. The molecule has 5 heteroatoms. The fourth-order valence-corrected chi connectivity index (χ4v) is 3.12. The van der Waals surface area contributed by atoms with Gasteiger partial charge in [0, 0.05) is 5.69 Å². The van der Waals surface area contributed by atoms with Crippen molar-refractivity contribution >= 4 is 5.91 Å². The zero-order chi connectivity index (χ0) is 15.6. The normalized spacial score (nSPS) is 20.5. The van der Waals surface area contributed by atoms with Crippen molar-refractivity contribution in [2.45, 2.75) is 38.2 Å². The third-order valence-electron chi connectivity index (χ3n) is 4.23. The summed E-state index contributed by atoms with van der Waals surface area (Å²) in [7, 11) is 0. The summed E-state index contributed by atoms with van der Waals surface area (Å²) in [4.78, 5) is 12.0. The van der Waals surface area contributed by atoms with Crippen LogP contribution in [-0.2, 0) is 23.2 Å². The molecule has 3 rings (SSSR count). The summed E-state index contributed by atoms with van der Waals surface area (Å²) in [6.45, 7) is 2.14. The van der Waals surface area contributed by atoms with Crippen LogP contribution >= 0.6 is 0 Å². The van der Waals surface area contributed by atoms with Crippen molar-refractivity contribution in [2.24, 2.45) is 0 Å². The lowest BCUT2D eigenvalue weighted by Crippen LogP contribution is -2.43. The Labute approximate surface area is 129 Å². The van der Waals surface area contributed by atoms with E-state index in [9.17, 15) is 9.90 Å². The van der Waals surface area contributed by atoms with Crippen molar-refractivity contribution in [2.75, 3.05) is 6.54 Å². The average Bonchev–Trinajstić information content (AvgIpc) is 2.91. The summed E-state index contributed by atoms with van der Waals surface area (Å²) >= 11 is 0. The number of fused-ring (bicyclic) bond motifs is 1. The van der Waals surface area contributed by atoms with Crippen LogP contribution in [0.2, 0.25) is 0 Å². The first-order chi connectivity index (χ1) is 10.6. The summed E-state index contributed by atoms with van der Waals surface area (Å²) in [5.41, 5.74) is 2.80. The van der Waals surface area contributed by atoms with Crippen molar-refractivity contribution in [3.8, 4) is 0 Å². The number of nitrogens with one attached hydrogen (secondary N) is 2. The molecule has 0 aliphatic heterocycles. The van der Waals surface area contributed by atoms with E-state index < -0.39 is 5.60 Å². The number of nitrogens with zero attached hydrogens (tertiary/aromatic N) is 1. The van der Waals surface area contributed by atoms with E-state index in [-0.39, 0.29) is 18.9 Å². The summed E-state index contributed by atoms with van der Waals surface area (Å²) in [5, 5.41) is 20.6. The molecule has 5 nitrogen and oxygen atoms in total. The topological polar surface area (TPSA) is 78.0 Å². The van der Waals surface area contributed by atoms with Gasteiger partial charge in [0.15, 0.2) is 0 Å². The second-order valence-electron chi connectivity index (χ2n) is 6.04. The number of aliphatic hydroxyl groups is 1. The molecule has 1 aromatic carbocycles. The molecule has 2 aromatic rings. The number of rotatable bonds is 4. The first kappa shape index (κ1) is 14.8. The maximum atomic E-state index is 12.0. The maximum absolute atomic E-state index is 12.0. The van der Waals surface area contributed by atoms with Gasteiger partial charge < -0.3 is 10.4 Å². The van der Waals surface area contributed by atoms with Crippen LogP contribution in [0.25, 0.3) is 0 Å². The van der Waals surface area contributed by atoms with E-state index in [0.717, 1.165) is 24.1 Å². The number of amides is 1. The summed E-state index contributed by atoms with van der Waals surface area (Å²) < 4.78 is 0. The number of aromatic nitrogens is 2. The van der Waals surface area contributed by atoms with Crippen LogP contribution in [0, 0.1) is 6.92 Å². The number of H-pyrrole nitrogens is 1. The highest BCUT2D eigenvalue weighted by Crippen LogP contribution is 2.34. The third-order valence-corrected chi connectivity index (χ3v) is 4.23. The van der Waals surface area contributed by atoms with Crippen LogP contribution < -0.4 is 5.32 Å². The zero-order valence-corrected chi connectivity index (χ0v) is 12.7. The number of aromatic amines is 1. The monoisotopic (exact) mass is 299 g/mol. The molecular formula is C17H21N3O2. The van der Waals surface area contributed by atoms with Gasteiger partial charge in [0.2, 0.25) is 5.91 Å². The lowest BCUT2D eigenvalue weighted by atomic mass is 9.79. The van der Waals surface area contributed by atoms with Crippen LogP contribution in [0.5, 0.6) is 0 Å². The summed E-state index contributed by atoms with van der Waals surface area (Å²) in [6.07, 6.45) is 2.81. The lowest BCUT2D eigenvalue weighted by Gasteiger charge is -2.34. The van der Waals surface area contributed by atoms with E-state index in [2.05, 4.69) is 15.5 Å². The molecule has 1 aromatic heterocycles. The highest BCUT2D eigenvalue weighted by molar-refractivity contribution is 5.78. The van der Waals surface area contributed by atoms with E-state index in [0.29, 0.717) is 12.1 Å². The molecule has 0 saturated heterocycles. The van der Waals surface area contributed by atoms with E-state index in [4.69, 9.17) is 0 Å². The molecule has 1 atom stereocenters. The molecule has 22 heavy (non-hydrogen) atoms. The Morgan fingerprint density at radius 3 is 3.05 bits per heavy atom. The lowest BCUT2D eigenvalue weighted by molar-refractivity contribution is -0.122. The van der Waals surface area contributed by atoms with E-state index >= 15 is 0 Å².